The van der Waals surface area contributed by atoms with Gasteiger partial charge in [0.25, 0.3) is 5.56 Å². The number of aryl methyl sites for hydroxylation is 1. The third-order valence-electron chi connectivity index (χ3n) is 3.14. The van der Waals surface area contributed by atoms with Crippen LogP contribution in [0.15, 0.2) is 29.1 Å². The third kappa shape index (κ3) is 2.21. The van der Waals surface area contributed by atoms with E-state index in [0.717, 1.165) is 27.7 Å². The highest BCUT2D eigenvalue weighted by atomic mass is 127. The fourth-order valence-corrected chi connectivity index (χ4v) is 2.73. The maximum absolute atomic E-state index is 11.9. The molecule has 0 saturated heterocycles. The fraction of sp³-hybridized carbons (Fsp3) is 0.286. The first-order valence-electron chi connectivity index (χ1n) is 6.02. The summed E-state index contributed by atoms with van der Waals surface area (Å²) in [5, 5.41) is 0. The van der Waals surface area contributed by atoms with Crippen molar-refractivity contribution in [3.05, 3.63) is 49.4 Å². The first kappa shape index (κ1) is 11.9. The molecule has 0 bridgehead atoms. The molecule has 1 saturated carbocycles. The summed E-state index contributed by atoms with van der Waals surface area (Å²) in [6, 6.07) is 8.05. The Hall–Kier alpha value is -1.17. The minimum atomic E-state index is -0.0241. The molecule has 1 fully saturated rings. The molecule has 1 N–H and O–H groups in total. The topological polar surface area (TPSA) is 45.8 Å². The van der Waals surface area contributed by atoms with Crippen molar-refractivity contribution in [1.29, 1.82) is 0 Å². The third-order valence-corrected chi connectivity index (χ3v) is 4.19. The van der Waals surface area contributed by atoms with Crippen molar-refractivity contribution >= 4 is 22.6 Å². The molecule has 1 heterocycles. The molecule has 0 aliphatic heterocycles. The number of nitrogens with zero attached hydrogens (tertiary/aromatic N) is 1. The van der Waals surface area contributed by atoms with Crippen LogP contribution in [0.5, 0.6) is 0 Å². The predicted molar refractivity (Wildman–Crippen MR) is 79.7 cm³/mol. The minimum Gasteiger partial charge on any atom is -0.306 e. The van der Waals surface area contributed by atoms with E-state index in [0.29, 0.717) is 11.7 Å². The summed E-state index contributed by atoms with van der Waals surface area (Å²) < 4.78 is 0.742. The Morgan fingerprint density at radius 2 is 2.17 bits per heavy atom. The number of nitrogens with one attached hydrogen (secondary N) is 1. The van der Waals surface area contributed by atoms with E-state index >= 15 is 0 Å². The van der Waals surface area contributed by atoms with Crippen LogP contribution in [0, 0.1) is 10.5 Å². The molecular formula is C14H13IN2O. The van der Waals surface area contributed by atoms with Gasteiger partial charge >= 0.3 is 0 Å². The van der Waals surface area contributed by atoms with Crippen molar-refractivity contribution in [2.75, 3.05) is 0 Å². The lowest BCUT2D eigenvalue weighted by molar-refractivity contribution is 0.958. The van der Waals surface area contributed by atoms with Crippen LogP contribution in [-0.2, 0) is 0 Å². The first-order chi connectivity index (χ1) is 8.65. The summed E-state index contributed by atoms with van der Waals surface area (Å²) in [5.41, 5.74) is 3.09. The number of rotatable bonds is 2. The van der Waals surface area contributed by atoms with Gasteiger partial charge in [-0.3, -0.25) is 4.79 Å². The minimum absolute atomic E-state index is 0.0241. The largest absolute Gasteiger partial charge is 0.306 e. The summed E-state index contributed by atoms with van der Waals surface area (Å²) in [4.78, 5) is 19.5. The summed E-state index contributed by atoms with van der Waals surface area (Å²) >= 11 is 2.10. The summed E-state index contributed by atoms with van der Waals surface area (Å²) in [5.74, 6) is 1.17. The van der Waals surface area contributed by atoms with E-state index < -0.39 is 0 Å². The number of hydrogen-bond acceptors (Lipinski definition) is 2. The van der Waals surface area contributed by atoms with Crippen LogP contribution in [0.1, 0.15) is 30.0 Å². The van der Waals surface area contributed by atoms with Crippen LogP contribution in [-0.4, -0.2) is 9.97 Å². The number of halogens is 1. The average Bonchev–Trinajstić information content (AvgIpc) is 3.16. The lowest BCUT2D eigenvalue weighted by Gasteiger charge is -2.06. The maximum Gasteiger partial charge on any atom is 0.264 e. The van der Waals surface area contributed by atoms with Gasteiger partial charge < -0.3 is 4.98 Å². The van der Waals surface area contributed by atoms with Gasteiger partial charge in [0.05, 0.1) is 9.26 Å². The maximum atomic E-state index is 11.9. The Kier molecular flexibility index (Phi) is 2.97. The van der Waals surface area contributed by atoms with Gasteiger partial charge in [-0.25, -0.2) is 4.98 Å². The van der Waals surface area contributed by atoms with E-state index in [1.807, 2.05) is 31.2 Å². The van der Waals surface area contributed by atoms with Crippen molar-refractivity contribution in [3.8, 4) is 11.4 Å². The van der Waals surface area contributed by atoms with Crippen molar-refractivity contribution in [2.45, 2.75) is 25.7 Å². The van der Waals surface area contributed by atoms with E-state index in [1.165, 1.54) is 5.56 Å². The van der Waals surface area contributed by atoms with Crippen LogP contribution in [0.3, 0.4) is 0 Å². The van der Waals surface area contributed by atoms with Gasteiger partial charge in [0.2, 0.25) is 0 Å². The molecular weight excluding hydrogens is 339 g/mol. The smallest absolute Gasteiger partial charge is 0.264 e. The molecule has 0 atom stereocenters. The summed E-state index contributed by atoms with van der Waals surface area (Å²) in [7, 11) is 0. The second-order valence-corrected chi connectivity index (χ2v) is 5.84. The Bertz CT molecular complexity index is 659. The highest BCUT2D eigenvalue weighted by molar-refractivity contribution is 14.1. The Morgan fingerprint density at radius 1 is 1.39 bits per heavy atom. The second-order valence-electron chi connectivity index (χ2n) is 4.76. The molecule has 1 aromatic heterocycles. The molecule has 1 aromatic carbocycles. The molecule has 1 aliphatic rings. The van der Waals surface area contributed by atoms with Gasteiger partial charge in [-0.2, -0.15) is 0 Å². The fourth-order valence-electron chi connectivity index (χ4n) is 2.03. The lowest BCUT2D eigenvalue weighted by atomic mass is 10.1. The molecule has 0 radical (unpaired) electrons. The average molecular weight is 352 g/mol. The van der Waals surface area contributed by atoms with Gasteiger partial charge in [0.15, 0.2) is 0 Å². The van der Waals surface area contributed by atoms with E-state index in [2.05, 4.69) is 32.6 Å². The van der Waals surface area contributed by atoms with Crippen LogP contribution in [0.25, 0.3) is 11.4 Å². The monoisotopic (exact) mass is 352 g/mol. The zero-order chi connectivity index (χ0) is 12.7. The zero-order valence-corrected chi connectivity index (χ0v) is 12.2. The number of benzene rings is 1. The van der Waals surface area contributed by atoms with Crippen molar-refractivity contribution < 1.29 is 0 Å². The molecule has 92 valence electrons. The summed E-state index contributed by atoms with van der Waals surface area (Å²) in [6.45, 7) is 2.04. The Labute approximate surface area is 119 Å². The van der Waals surface area contributed by atoms with Crippen molar-refractivity contribution in [2.24, 2.45) is 0 Å². The molecule has 2 aromatic rings. The van der Waals surface area contributed by atoms with Crippen molar-refractivity contribution in [3.63, 3.8) is 0 Å². The standard InChI is InChI=1S/C14H13IN2O/c1-8-3-2-4-10(7-8)13-16-12(9-5-6-9)11(15)14(18)17-13/h2-4,7,9H,5-6H2,1H3,(H,16,17,18). The number of aromatic amines is 1. The number of hydrogen-bond donors (Lipinski definition) is 1. The normalized spacial score (nSPS) is 14.8. The molecule has 18 heavy (non-hydrogen) atoms. The predicted octanol–water partition coefficient (Wildman–Crippen LogP) is 3.23. The molecule has 4 heteroatoms. The molecule has 0 spiro atoms. The van der Waals surface area contributed by atoms with Crippen LogP contribution in [0.2, 0.25) is 0 Å². The second kappa shape index (κ2) is 4.50. The first-order valence-corrected chi connectivity index (χ1v) is 7.10. The van der Waals surface area contributed by atoms with Crippen LogP contribution in [0.4, 0.5) is 0 Å². The molecule has 0 amide bonds. The van der Waals surface area contributed by atoms with Gasteiger partial charge in [-0.1, -0.05) is 23.8 Å². The van der Waals surface area contributed by atoms with E-state index in [9.17, 15) is 4.79 Å². The van der Waals surface area contributed by atoms with Gasteiger partial charge in [-0.15, -0.1) is 0 Å². The van der Waals surface area contributed by atoms with Gasteiger partial charge in [-0.05, 0) is 48.4 Å². The Morgan fingerprint density at radius 3 is 2.83 bits per heavy atom. The van der Waals surface area contributed by atoms with Gasteiger partial charge in [0.1, 0.15) is 5.82 Å². The van der Waals surface area contributed by atoms with Crippen molar-refractivity contribution in [1.82, 2.24) is 9.97 Å². The quantitative estimate of drug-likeness (QED) is 0.844. The lowest BCUT2D eigenvalue weighted by Crippen LogP contribution is -2.15. The summed E-state index contributed by atoms with van der Waals surface area (Å²) in [6.07, 6.45) is 2.30. The zero-order valence-electron chi connectivity index (χ0n) is 10.0. The van der Waals surface area contributed by atoms with E-state index in [4.69, 9.17) is 0 Å². The highest BCUT2D eigenvalue weighted by Gasteiger charge is 2.28. The van der Waals surface area contributed by atoms with Crippen LogP contribution < -0.4 is 5.56 Å². The molecule has 1 aliphatic carbocycles. The van der Waals surface area contributed by atoms with E-state index in [1.54, 1.807) is 0 Å². The molecule has 0 unspecified atom stereocenters. The molecule has 3 rings (SSSR count). The number of H-pyrrole nitrogens is 1. The molecule has 3 nitrogen and oxygen atoms in total. The van der Waals surface area contributed by atoms with Gasteiger partial charge in [0, 0.05) is 11.5 Å². The number of aromatic nitrogens is 2. The Balaban J connectivity index is 2.15. The van der Waals surface area contributed by atoms with Crippen LogP contribution >= 0.6 is 22.6 Å². The highest BCUT2D eigenvalue weighted by Crippen LogP contribution is 2.40. The van der Waals surface area contributed by atoms with E-state index in [-0.39, 0.29) is 5.56 Å². The SMILES string of the molecule is Cc1cccc(-c2nc(C3CC3)c(I)c(=O)[nH]2)c1.